The summed E-state index contributed by atoms with van der Waals surface area (Å²) in [6.07, 6.45) is 0.467. The summed E-state index contributed by atoms with van der Waals surface area (Å²) in [6.45, 7) is 0.733. The van der Waals surface area contributed by atoms with Gasteiger partial charge in [0, 0.05) is 34.5 Å². The van der Waals surface area contributed by atoms with Crippen molar-refractivity contribution in [2.45, 2.75) is 32.4 Å². The highest BCUT2D eigenvalue weighted by Crippen LogP contribution is 2.22. The molecule has 0 bridgehead atoms. The average Bonchev–Trinajstić information content (AvgIpc) is 3.35. The third kappa shape index (κ3) is 21.9. The topological polar surface area (TPSA) is 147 Å². The predicted molar refractivity (Wildman–Crippen MR) is 274 cm³/mol. The number of halogens is 4. The average molecular weight is 988 g/mol. The highest BCUT2D eigenvalue weighted by molar-refractivity contribution is 8.26. The molecule has 0 unspecified atom stereocenters. The van der Waals surface area contributed by atoms with Gasteiger partial charge in [-0.3, -0.25) is 14.4 Å². The van der Waals surface area contributed by atoms with Crippen molar-refractivity contribution in [3.05, 3.63) is 252 Å². The monoisotopic (exact) mass is 986 g/mol. The summed E-state index contributed by atoms with van der Waals surface area (Å²) in [5.74, 6) is -2.19. The van der Waals surface area contributed by atoms with Gasteiger partial charge in [-0.25, -0.2) is 13.0 Å². The number of carboxylic acids is 2. The van der Waals surface area contributed by atoms with E-state index in [0.29, 0.717) is 19.5 Å². The molecule has 8 aromatic carbocycles. The number of benzene rings is 8. The molecule has 8 rings (SSSR count). The Hall–Kier alpha value is -7.28. The summed E-state index contributed by atoms with van der Waals surface area (Å²) in [7, 11) is 7.36. The predicted octanol–water partition coefficient (Wildman–Crippen LogP) is 12.6. The molecule has 0 aliphatic rings. The van der Waals surface area contributed by atoms with E-state index in [1.54, 1.807) is 24.3 Å². The van der Waals surface area contributed by atoms with E-state index in [1.165, 1.54) is 24.3 Å². The summed E-state index contributed by atoms with van der Waals surface area (Å²) in [5, 5.41) is 20.1. The molecule has 0 radical (unpaired) electrons. The van der Waals surface area contributed by atoms with Crippen LogP contribution in [0.1, 0.15) is 27.8 Å². The quantitative estimate of drug-likeness (QED) is 0.0891. The lowest BCUT2D eigenvalue weighted by Crippen LogP contribution is -2.24. The van der Waals surface area contributed by atoms with Crippen LogP contribution in [0.3, 0.4) is 0 Å². The molecule has 0 aliphatic heterocycles. The van der Waals surface area contributed by atoms with E-state index in [0.717, 1.165) is 61.2 Å². The molecule has 8 aromatic rings. The third-order valence-electron chi connectivity index (χ3n) is 9.76. The van der Waals surface area contributed by atoms with E-state index in [9.17, 15) is 23.2 Å². The molecule has 0 saturated carbocycles. The molecule has 8 nitrogen and oxygen atoms in total. The highest BCUT2D eigenvalue weighted by Gasteiger charge is 2.06. The molecule has 0 atom stereocenters. The number of hydrogen-bond donors (Lipinski definition) is 4. The fourth-order valence-corrected chi connectivity index (χ4v) is 6.45. The molecule has 1 amide bonds. The van der Waals surface area contributed by atoms with Crippen LogP contribution in [0.4, 0.5) is 8.78 Å². The summed E-state index contributed by atoms with van der Waals surface area (Å²) >= 11 is 0. The van der Waals surface area contributed by atoms with E-state index < -0.39 is 21.2 Å². The van der Waals surface area contributed by atoms with Gasteiger partial charge in [0.1, 0.15) is 11.6 Å². The van der Waals surface area contributed by atoms with E-state index in [1.807, 2.05) is 152 Å². The second kappa shape index (κ2) is 30.2. The first kappa shape index (κ1) is 54.3. The van der Waals surface area contributed by atoms with E-state index in [4.69, 9.17) is 20.2 Å². The molecule has 5 N–H and O–H groups in total. The van der Waals surface area contributed by atoms with Crippen LogP contribution < -0.4 is 11.1 Å². The normalized spacial score (nSPS) is 10.0. The Kier molecular flexibility index (Phi) is 23.8. The van der Waals surface area contributed by atoms with Gasteiger partial charge in [-0.1, -0.05) is 188 Å². The maximum absolute atomic E-state index is 13.1. The number of hydrogen-bond acceptors (Lipinski definition) is 5. The largest absolute Gasteiger partial charge is 0.481 e. The number of carbonyl (C=O) groups excluding carboxylic acids is 1. The van der Waals surface area contributed by atoms with Gasteiger partial charge in [0.25, 0.3) is 0 Å². The zero-order valence-electron chi connectivity index (χ0n) is 37.3. The molecule has 0 aromatic heterocycles. The van der Waals surface area contributed by atoms with Crippen LogP contribution in [-0.2, 0) is 56.0 Å². The first-order valence-corrected chi connectivity index (χ1v) is 24.1. The maximum atomic E-state index is 13.1. The van der Waals surface area contributed by atoms with Crippen molar-refractivity contribution in [2.24, 2.45) is 5.73 Å². The standard InChI is InChI=1S/C21H18FNO.2C14H12O2.C7H8FN.Cl2OS/c22-20-8-4-5-17(13-20)15-23-21(24)14-16-9-11-19(12-10-16)18-6-2-1-3-7-18;2*15-14(16)10-11-6-8-13(9-7-11)12-4-2-1-3-5-12;8-7-3-1-2-6(4-7)5-9;1-4(2)3/h1-13H,14-15H2,(H,23,24);2*1-9H,10H2,(H,15,16);1-4H,5,9H2;. The van der Waals surface area contributed by atoms with Crippen molar-refractivity contribution in [3.8, 4) is 33.4 Å². The van der Waals surface area contributed by atoms with Crippen LogP contribution in [-0.4, -0.2) is 32.3 Å². The Bertz CT molecular complexity index is 2710. The minimum Gasteiger partial charge on any atom is -0.481 e. The Morgan fingerprint density at radius 1 is 0.435 bits per heavy atom. The highest BCUT2D eigenvalue weighted by atomic mass is 36.0. The molecule has 0 fully saturated rings. The summed E-state index contributed by atoms with van der Waals surface area (Å²) in [5.41, 5.74) is 16.2. The first-order valence-electron chi connectivity index (χ1n) is 21.3. The second-order valence-corrected chi connectivity index (χ2v) is 17.5. The molecule has 13 heteroatoms. The summed E-state index contributed by atoms with van der Waals surface area (Å²) < 4.78 is 34.5. The lowest BCUT2D eigenvalue weighted by molar-refractivity contribution is -0.137. The fraction of sp³-hybridized carbons (Fsp3) is 0.0893. The van der Waals surface area contributed by atoms with Crippen molar-refractivity contribution in [2.75, 3.05) is 0 Å². The number of nitrogens with one attached hydrogen (secondary N) is 1. The Morgan fingerprint density at radius 2 is 0.739 bits per heavy atom. The first-order chi connectivity index (χ1) is 33.3. The van der Waals surface area contributed by atoms with Gasteiger partial charge in [0.05, 0.1) is 19.3 Å². The van der Waals surface area contributed by atoms with Crippen LogP contribution in [0.25, 0.3) is 33.4 Å². The number of amides is 1. The van der Waals surface area contributed by atoms with E-state index in [-0.39, 0.29) is 30.4 Å². The number of nitrogens with two attached hydrogens (primary N) is 1. The fourth-order valence-electron chi connectivity index (χ4n) is 6.45. The molecule has 0 heterocycles. The Balaban J connectivity index is 0.000000204. The Morgan fingerprint density at radius 3 is 1.04 bits per heavy atom. The zero-order chi connectivity index (χ0) is 49.8. The van der Waals surface area contributed by atoms with Gasteiger partial charge >= 0.3 is 11.9 Å². The van der Waals surface area contributed by atoms with Crippen molar-refractivity contribution in [1.29, 1.82) is 0 Å². The van der Waals surface area contributed by atoms with Gasteiger partial charge in [-0.15, -0.1) is 0 Å². The van der Waals surface area contributed by atoms with Crippen molar-refractivity contribution in [3.63, 3.8) is 0 Å². The van der Waals surface area contributed by atoms with Crippen LogP contribution >= 0.6 is 21.4 Å². The second-order valence-electron chi connectivity index (χ2n) is 14.9. The van der Waals surface area contributed by atoms with Gasteiger partial charge in [0.2, 0.25) is 15.1 Å². The smallest absolute Gasteiger partial charge is 0.307 e. The lowest BCUT2D eigenvalue weighted by atomic mass is 10.0. The van der Waals surface area contributed by atoms with Crippen molar-refractivity contribution in [1.82, 2.24) is 5.32 Å². The number of carbonyl (C=O) groups is 3. The maximum Gasteiger partial charge on any atom is 0.307 e. The zero-order valence-corrected chi connectivity index (χ0v) is 39.6. The van der Waals surface area contributed by atoms with Crippen molar-refractivity contribution < 1.29 is 37.6 Å². The molecular formula is C56H50Cl2F2N2O6S. The Labute approximate surface area is 412 Å². The molecule has 0 saturated heterocycles. The number of carboxylic acid groups (broad SMARTS) is 2. The van der Waals surface area contributed by atoms with Gasteiger partial charge in [-0.05, 0) is 85.5 Å². The lowest BCUT2D eigenvalue weighted by Gasteiger charge is -2.07. The molecule has 69 heavy (non-hydrogen) atoms. The van der Waals surface area contributed by atoms with Gasteiger partial charge in [-0.2, -0.15) is 0 Å². The minimum absolute atomic E-state index is 0.0771. The number of rotatable bonds is 12. The van der Waals surface area contributed by atoms with Gasteiger partial charge in [0.15, 0.2) is 0 Å². The van der Waals surface area contributed by atoms with E-state index in [2.05, 4.69) is 38.8 Å². The van der Waals surface area contributed by atoms with E-state index >= 15 is 0 Å². The molecule has 0 aliphatic carbocycles. The van der Waals surface area contributed by atoms with Crippen LogP contribution in [0.15, 0.2) is 212 Å². The summed E-state index contributed by atoms with van der Waals surface area (Å²) in [6, 6.07) is 65.9. The van der Waals surface area contributed by atoms with Crippen LogP contribution in [0.5, 0.6) is 0 Å². The summed E-state index contributed by atoms with van der Waals surface area (Å²) in [4.78, 5) is 33.1. The third-order valence-corrected chi connectivity index (χ3v) is 9.76. The molecule has 354 valence electrons. The molecular weight excluding hydrogens is 938 g/mol. The minimum atomic E-state index is -1.67. The van der Waals surface area contributed by atoms with Gasteiger partial charge < -0.3 is 21.3 Å². The molecule has 0 spiro atoms. The van der Waals surface area contributed by atoms with Crippen molar-refractivity contribution >= 4 is 48.4 Å². The SMILES string of the molecule is NCc1cccc(F)c1.O=C(Cc1ccc(-c2ccccc2)cc1)NCc1cccc(F)c1.O=C(O)Cc1ccc(-c2ccccc2)cc1.O=C(O)Cc1ccc(-c2ccccc2)cc1.O=S(Cl)Cl. The number of aliphatic carboxylic acids is 2. The van der Waals surface area contributed by atoms with Crippen LogP contribution in [0, 0.1) is 11.6 Å². The van der Waals surface area contributed by atoms with Crippen LogP contribution in [0.2, 0.25) is 0 Å².